The monoisotopic (exact) mass is 206 g/mol. The Hall–Kier alpha value is -1.31. The highest BCUT2D eigenvalue weighted by molar-refractivity contribution is 5.97. The number of hydrogen-bond donors (Lipinski definition) is 0. The smallest absolute Gasteiger partial charge is 0.163 e. The van der Waals surface area contributed by atoms with Crippen LogP contribution in [0.15, 0.2) is 12.1 Å². The van der Waals surface area contributed by atoms with Gasteiger partial charge in [-0.3, -0.25) is 4.79 Å². The molecule has 0 saturated heterocycles. The molecule has 0 radical (unpaired) electrons. The molecule has 1 aromatic carbocycles. The molecule has 0 spiro atoms. The number of aryl methyl sites for hydroxylation is 2. The number of ether oxygens (including phenoxy) is 1. The lowest BCUT2D eigenvalue weighted by Crippen LogP contribution is -2.03. The lowest BCUT2D eigenvalue weighted by atomic mass is 10.00. The summed E-state index contributed by atoms with van der Waals surface area (Å²) in [4.78, 5) is 11.4. The third-order valence-electron chi connectivity index (χ3n) is 2.50. The molecule has 1 aromatic rings. The SMILES string of the molecule is CCOc1cc(C)c(CC)cc1C(C)=O. The van der Waals surface area contributed by atoms with E-state index in [4.69, 9.17) is 4.74 Å². The lowest BCUT2D eigenvalue weighted by molar-refractivity contribution is 0.101. The van der Waals surface area contributed by atoms with Crippen LogP contribution in [-0.4, -0.2) is 12.4 Å². The Labute approximate surface area is 91.3 Å². The minimum atomic E-state index is 0.0631. The molecule has 0 aliphatic carbocycles. The van der Waals surface area contributed by atoms with Crippen molar-refractivity contribution in [2.45, 2.75) is 34.1 Å². The van der Waals surface area contributed by atoms with Gasteiger partial charge in [-0.1, -0.05) is 6.92 Å². The molecule has 0 N–H and O–H groups in total. The molecule has 0 unspecified atom stereocenters. The van der Waals surface area contributed by atoms with E-state index in [1.807, 2.05) is 26.0 Å². The number of hydrogen-bond acceptors (Lipinski definition) is 2. The summed E-state index contributed by atoms with van der Waals surface area (Å²) >= 11 is 0. The summed E-state index contributed by atoms with van der Waals surface area (Å²) in [6.07, 6.45) is 0.943. The second-order valence-corrected chi connectivity index (χ2v) is 3.62. The van der Waals surface area contributed by atoms with E-state index < -0.39 is 0 Å². The predicted octanol–water partition coefficient (Wildman–Crippen LogP) is 3.16. The van der Waals surface area contributed by atoms with E-state index in [0.29, 0.717) is 17.9 Å². The molecule has 0 aliphatic rings. The summed E-state index contributed by atoms with van der Waals surface area (Å²) < 4.78 is 5.46. The molecular weight excluding hydrogens is 188 g/mol. The molecule has 2 heteroatoms. The van der Waals surface area contributed by atoms with E-state index in [-0.39, 0.29) is 5.78 Å². The van der Waals surface area contributed by atoms with Gasteiger partial charge in [-0.25, -0.2) is 0 Å². The van der Waals surface area contributed by atoms with E-state index in [9.17, 15) is 4.79 Å². The largest absolute Gasteiger partial charge is 0.493 e. The van der Waals surface area contributed by atoms with Gasteiger partial charge >= 0.3 is 0 Å². The molecule has 1 rings (SSSR count). The maximum absolute atomic E-state index is 11.4. The van der Waals surface area contributed by atoms with Crippen LogP contribution in [0.3, 0.4) is 0 Å². The zero-order valence-electron chi connectivity index (χ0n) is 9.89. The quantitative estimate of drug-likeness (QED) is 0.707. The highest BCUT2D eigenvalue weighted by Crippen LogP contribution is 2.24. The van der Waals surface area contributed by atoms with Gasteiger partial charge in [0.2, 0.25) is 0 Å². The Kier molecular flexibility index (Phi) is 3.89. The number of rotatable bonds is 4. The molecule has 0 amide bonds. The maximum atomic E-state index is 11.4. The van der Waals surface area contributed by atoms with Crippen LogP contribution in [-0.2, 0) is 6.42 Å². The van der Waals surface area contributed by atoms with Gasteiger partial charge in [0.15, 0.2) is 5.78 Å². The fraction of sp³-hybridized carbons (Fsp3) is 0.462. The summed E-state index contributed by atoms with van der Waals surface area (Å²) in [6.45, 7) is 8.22. The van der Waals surface area contributed by atoms with Gasteiger partial charge in [-0.2, -0.15) is 0 Å². The van der Waals surface area contributed by atoms with Crippen molar-refractivity contribution in [3.63, 3.8) is 0 Å². The van der Waals surface area contributed by atoms with Crippen LogP contribution in [0.5, 0.6) is 5.75 Å². The van der Waals surface area contributed by atoms with Gasteiger partial charge in [-0.15, -0.1) is 0 Å². The van der Waals surface area contributed by atoms with Crippen LogP contribution in [0, 0.1) is 6.92 Å². The fourth-order valence-electron chi connectivity index (χ4n) is 1.66. The van der Waals surface area contributed by atoms with E-state index >= 15 is 0 Å². The number of benzene rings is 1. The first kappa shape index (κ1) is 11.8. The van der Waals surface area contributed by atoms with Crippen molar-refractivity contribution in [1.82, 2.24) is 0 Å². The summed E-state index contributed by atoms with van der Waals surface area (Å²) in [5, 5.41) is 0. The van der Waals surface area contributed by atoms with Crippen molar-refractivity contribution in [1.29, 1.82) is 0 Å². The molecule has 0 aromatic heterocycles. The van der Waals surface area contributed by atoms with Crippen molar-refractivity contribution >= 4 is 5.78 Å². The average molecular weight is 206 g/mol. The van der Waals surface area contributed by atoms with Crippen molar-refractivity contribution in [3.8, 4) is 5.75 Å². The molecule has 0 heterocycles. The Bertz CT molecular complexity index is 367. The number of carbonyl (C=O) groups excluding carboxylic acids is 1. The van der Waals surface area contributed by atoms with Gasteiger partial charge in [0, 0.05) is 0 Å². The Morgan fingerprint density at radius 3 is 2.47 bits per heavy atom. The topological polar surface area (TPSA) is 26.3 Å². The van der Waals surface area contributed by atoms with Crippen molar-refractivity contribution < 1.29 is 9.53 Å². The standard InChI is InChI=1S/C13H18O2/c1-5-11-8-12(10(4)14)13(15-6-2)7-9(11)3/h7-8H,5-6H2,1-4H3. The fourth-order valence-corrected chi connectivity index (χ4v) is 1.66. The van der Waals surface area contributed by atoms with Gasteiger partial charge in [0.1, 0.15) is 5.75 Å². The highest BCUT2D eigenvalue weighted by atomic mass is 16.5. The third kappa shape index (κ3) is 2.58. The van der Waals surface area contributed by atoms with Crippen LogP contribution >= 0.6 is 0 Å². The van der Waals surface area contributed by atoms with Crippen molar-refractivity contribution in [3.05, 3.63) is 28.8 Å². The van der Waals surface area contributed by atoms with Crippen LogP contribution in [0.4, 0.5) is 0 Å². The first-order valence-electron chi connectivity index (χ1n) is 5.37. The second-order valence-electron chi connectivity index (χ2n) is 3.62. The number of ketones is 1. The molecule has 0 bridgehead atoms. The first-order valence-corrected chi connectivity index (χ1v) is 5.37. The second kappa shape index (κ2) is 4.96. The van der Waals surface area contributed by atoms with Crippen molar-refractivity contribution in [2.75, 3.05) is 6.61 Å². The lowest BCUT2D eigenvalue weighted by Gasteiger charge is -2.12. The van der Waals surface area contributed by atoms with Gasteiger partial charge in [-0.05, 0) is 50.5 Å². The molecule has 0 atom stereocenters. The number of carbonyl (C=O) groups is 1. The Balaban J connectivity index is 3.25. The Morgan fingerprint density at radius 2 is 2.00 bits per heavy atom. The summed E-state index contributed by atoms with van der Waals surface area (Å²) in [7, 11) is 0. The summed E-state index contributed by atoms with van der Waals surface area (Å²) in [5.74, 6) is 0.771. The van der Waals surface area contributed by atoms with E-state index in [2.05, 4.69) is 6.92 Å². The number of Topliss-reactive ketones (excluding diaryl/α,β-unsaturated/α-hetero) is 1. The third-order valence-corrected chi connectivity index (χ3v) is 2.50. The van der Waals surface area contributed by atoms with Crippen molar-refractivity contribution in [2.24, 2.45) is 0 Å². The first-order chi connectivity index (χ1) is 7.10. The molecule has 0 fully saturated rings. The predicted molar refractivity (Wildman–Crippen MR) is 61.7 cm³/mol. The average Bonchev–Trinajstić information content (AvgIpc) is 2.18. The molecule has 82 valence electrons. The van der Waals surface area contributed by atoms with Crippen LogP contribution in [0.2, 0.25) is 0 Å². The molecule has 2 nitrogen and oxygen atoms in total. The van der Waals surface area contributed by atoms with Crippen LogP contribution < -0.4 is 4.74 Å². The summed E-state index contributed by atoms with van der Waals surface area (Å²) in [5.41, 5.74) is 3.09. The minimum absolute atomic E-state index is 0.0631. The highest BCUT2D eigenvalue weighted by Gasteiger charge is 2.11. The Morgan fingerprint density at radius 1 is 1.33 bits per heavy atom. The van der Waals surface area contributed by atoms with Gasteiger partial charge in [0.05, 0.1) is 12.2 Å². The molecule has 15 heavy (non-hydrogen) atoms. The zero-order valence-corrected chi connectivity index (χ0v) is 9.89. The van der Waals surface area contributed by atoms with E-state index in [1.54, 1.807) is 6.92 Å². The van der Waals surface area contributed by atoms with Gasteiger partial charge < -0.3 is 4.74 Å². The maximum Gasteiger partial charge on any atom is 0.163 e. The zero-order chi connectivity index (χ0) is 11.4. The molecular formula is C13H18O2. The summed E-state index contributed by atoms with van der Waals surface area (Å²) in [6, 6.07) is 3.90. The molecule has 0 saturated carbocycles. The van der Waals surface area contributed by atoms with E-state index in [1.165, 1.54) is 11.1 Å². The van der Waals surface area contributed by atoms with Crippen LogP contribution in [0.25, 0.3) is 0 Å². The minimum Gasteiger partial charge on any atom is -0.493 e. The van der Waals surface area contributed by atoms with E-state index in [0.717, 1.165) is 6.42 Å². The van der Waals surface area contributed by atoms with Gasteiger partial charge in [0.25, 0.3) is 0 Å². The molecule has 0 aliphatic heterocycles. The van der Waals surface area contributed by atoms with Crippen LogP contribution in [0.1, 0.15) is 42.3 Å². The normalized spacial score (nSPS) is 10.1.